The number of hydrogen-bond acceptors (Lipinski definition) is 5. The Morgan fingerprint density at radius 2 is 1.81 bits per heavy atom. The van der Waals surface area contributed by atoms with Gasteiger partial charge in [0.25, 0.3) is 0 Å². The maximum Gasteiger partial charge on any atom is 0.233 e. The highest BCUT2D eigenvalue weighted by molar-refractivity contribution is 7.92. The highest BCUT2D eigenvalue weighted by atomic mass is 32.2. The molecule has 0 radical (unpaired) electrons. The average molecular weight is 375 g/mol. The minimum atomic E-state index is -3.42. The molecule has 1 aliphatic heterocycles. The fourth-order valence-electron chi connectivity index (χ4n) is 3.11. The zero-order valence-electron chi connectivity index (χ0n) is 15.1. The summed E-state index contributed by atoms with van der Waals surface area (Å²) in [6, 6.07) is 13.4. The molecule has 1 saturated heterocycles. The summed E-state index contributed by atoms with van der Waals surface area (Å²) in [6.07, 6.45) is 3.60. The van der Waals surface area contributed by atoms with Crippen LogP contribution in [0.2, 0.25) is 0 Å². The Morgan fingerprint density at radius 1 is 1.08 bits per heavy atom. The van der Waals surface area contributed by atoms with E-state index in [4.69, 9.17) is 0 Å². The van der Waals surface area contributed by atoms with Gasteiger partial charge in [0.15, 0.2) is 11.6 Å². The van der Waals surface area contributed by atoms with Gasteiger partial charge in [0, 0.05) is 13.1 Å². The van der Waals surface area contributed by atoms with E-state index in [0.29, 0.717) is 6.42 Å². The molecule has 1 aliphatic rings. The largest absolute Gasteiger partial charge is 0.355 e. The molecule has 1 fully saturated rings. The Kier molecular flexibility index (Phi) is 6.08. The van der Waals surface area contributed by atoms with Crippen LogP contribution in [0.1, 0.15) is 31.7 Å². The average Bonchev–Trinajstić information content (AvgIpc) is 2.63. The standard InChI is InChI=1S/C19H26N4O2S/c1-16-11-13-23(14-12-16)19-10-9-18(20-21-19)22-26(24,25)15-5-8-17-6-3-2-4-7-17/h2-4,6-7,9-10,16H,5,8,11-15H2,1H3,(H,20,22). The van der Waals surface area contributed by atoms with Crippen LogP contribution in [0.4, 0.5) is 11.6 Å². The van der Waals surface area contributed by atoms with Crippen LogP contribution in [0.5, 0.6) is 0 Å². The number of hydrogen-bond donors (Lipinski definition) is 1. The van der Waals surface area contributed by atoms with Crippen LogP contribution in [0, 0.1) is 5.92 Å². The van der Waals surface area contributed by atoms with Crippen LogP contribution in [-0.4, -0.2) is 37.5 Å². The Hall–Kier alpha value is -2.15. The zero-order valence-corrected chi connectivity index (χ0v) is 16.0. The van der Waals surface area contributed by atoms with Gasteiger partial charge in [-0.05, 0) is 49.3 Å². The molecule has 26 heavy (non-hydrogen) atoms. The number of aryl methyl sites for hydroxylation is 1. The molecule has 0 saturated carbocycles. The number of sulfonamides is 1. The molecular weight excluding hydrogens is 348 g/mol. The molecule has 1 N–H and O–H groups in total. The van der Waals surface area contributed by atoms with Crippen molar-refractivity contribution in [3.63, 3.8) is 0 Å². The van der Waals surface area contributed by atoms with Gasteiger partial charge in [-0.1, -0.05) is 37.3 Å². The molecule has 0 bridgehead atoms. The van der Waals surface area contributed by atoms with E-state index in [1.54, 1.807) is 6.07 Å². The molecule has 2 heterocycles. The SMILES string of the molecule is CC1CCN(c2ccc(NS(=O)(=O)CCCc3ccccc3)nn2)CC1. The van der Waals surface area contributed by atoms with Crippen molar-refractivity contribution in [1.29, 1.82) is 0 Å². The maximum atomic E-state index is 12.2. The Labute approximate surface area is 155 Å². The zero-order chi connectivity index (χ0) is 18.4. The molecule has 1 aromatic heterocycles. The highest BCUT2D eigenvalue weighted by Gasteiger charge is 2.18. The molecule has 0 amide bonds. The molecule has 0 aliphatic carbocycles. The van der Waals surface area contributed by atoms with E-state index in [2.05, 4.69) is 26.7 Å². The summed E-state index contributed by atoms with van der Waals surface area (Å²) in [4.78, 5) is 2.20. The van der Waals surface area contributed by atoms with Crippen molar-refractivity contribution in [2.75, 3.05) is 28.5 Å². The Bertz CT molecular complexity index is 786. The molecular formula is C19H26N4O2S. The van der Waals surface area contributed by atoms with E-state index >= 15 is 0 Å². The molecule has 3 rings (SSSR count). The first-order chi connectivity index (χ1) is 12.5. The number of piperidine rings is 1. The van der Waals surface area contributed by atoms with Crippen molar-refractivity contribution in [2.24, 2.45) is 5.92 Å². The van der Waals surface area contributed by atoms with Crippen molar-refractivity contribution in [2.45, 2.75) is 32.6 Å². The topological polar surface area (TPSA) is 75.2 Å². The van der Waals surface area contributed by atoms with E-state index < -0.39 is 10.0 Å². The van der Waals surface area contributed by atoms with Gasteiger partial charge in [-0.15, -0.1) is 10.2 Å². The van der Waals surface area contributed by atoms with Gasteiger partial charge in [-0.2, -0.15) is 0 Å². The number of nitrogens with zero attached hydrogens (tertiary/aromatic N) is 3. The van der Waals surface area contributed by atoms with E-state index in [0.717, 1.165) is 49.7 Å². The second-order valence-electron chi connectivity index (χ2n) is 6.96. The van der Waals surface area contributed by atoms with Gasteiger partial charge in [0.2, 0.25) is 10.0 Å². The van der Waals surface area contributed by atoms with Gasteiger partial charge in [0.1, 0.15) is 0 Å². The monoisotopic (exact) mass is 374 g/mol. The van der Waals surface area contributed by atoms with Crippen LogP contribution >= 0.6 is 0 Å². The summed E-state index contributed by atoms with van der Waals surface area (Å²) in [5.74, 6) is 1.90. The summed E-state index contributed by atoms with van der Waals surface area (Å²) in [5.41, 5.74) is 1.14. The lowest BCUT2D eigenvalue weighted by molar-refractivity contribution is 0.436. The predicted molar refractivity (Wildman–Crippen MR) is 105 cm³/mol. The minimum absolute atomic E-state index is 0.0648. The Balaban J connectivity index is 1.51. The number of anilines is 2. The van der Waals surface area contributed by atoms with Gasteiger partial charge in [-0.25, -0.2) is 8.42 Å². The third-order valence-electron chi connectivity index (χ3n) is 4.74. The maximum absolute atomic E-state index is 12.2. The van der Waals surface area contributed by atoms with Gasteiger partial charge in [-0.3, -0.25) is 4.72 Å². The van der Waals surface area contributed by atoms with E-state index in [1.807, 2.05) is 36.4 Å². The summed E-state index contributed by atoms with van der Waals surface area (Å²) in [6.45, 7) is 4.21. The number of rotatable bonds is 7. The van der Waals surface area contributed by atoms with E-state index in [1.165, 1.54) is 0 Å². The number of aromatic nitrogens is 2. The van der Waals surface area contributed by atoms with Crippen molar-refractivity contribution < 1.29 is 8.42 Å². The normalized spacial score (nSPS) is 15.8. The fraction of sp³-hybridized carbons (Fsp3) is 0.474. The summed E-state index contributed by atoms with van der Waals surface area (Å²) < 4.78 is 27.0. The highest BCUT2D eigenvalue weighted by Crippen LogP contribution is 2.21. The van der Waals surface area contributed by atoms with Crippen LogP contribution in [-0.2, 0) is 16.4 Å². The first-order valence-electron chi connectivity index (χ1n) is 9.15. The predicted octanol–water partition coefficient (Wildman–Crippen LogP) is 3.09. The molecule has 0 spiro atoms. The fourth-order valence-corrected chi connectivity index (χ4v) is 4.16. The van der Waals surface area contributed by atoms with Crippen molar-refractivity contribution >= 4 is 21.7 Å². The van der Waals surface area contributed by atoms with Crippen molar-refractivity contribution in [1.82, 2.24) is 10.2 Å². The van der Waals surface area contributed by atoms with E-state index in [9.17, 15) is 8.42 Å². The second kappa shape index (κ2) is 8.49. The molecule has 7 heteroatoms. The first kappa shape index (κ1) is 18.6. The van der Waals surface area contributed by atoms with Crippen LogP contribution < -0.4 is 9.62 Å². The Morgan fingerprint density at radius 3 is 2.46 bits per heavy atom. The number of benzene rings is 1. The summed E-state index contributed by atoms with van der Waals surface area (Å²) in [7, 11) is -3.42. The minimum Gasteiger partial charge on any atom is -0.355 e. The van der Waals surface area contributed by atoms with Gasteiger partial charge in [0.05, 0.1) is 5.75 Å². The smallest absolute Gasteiger partial charge is 0.233 e. The lowest BCUT2D eigenvalue weighted by Gasteiger charge is -2.30. The molecule has 0 unspecified atom stereocenters. The van der Waals surface area contributed by atoms with Crippen LogP contribution in [0.15, 0.2) is 42.5 Å². The van der Waals surface area contributed by atoms with Crippen molar-refractivity contribution in [3.8, 4) is 0 Å². The second-order valence-corrected chi connectivity index (χ2v) is 8.80. The van der Waals surface area contributed by atoms with E-state index in [-0.39, 0.29) is 11.6 Å². The van der Waals surface area contributed by atoms with Gasteiger partial charge < -0.3 is 4.90 Å². The molecule has 0 atom stereocenters. The molecule has 1 aromatic carbocycles. The summed E-state index contributed by atoms with van der Waals surface area (Å²) >= 11 is 0. The molecule has 6 nitrogen and oxygen atoms in total. The third kappa shape index (κ3) is 5.42. The lowest BCUT2D eigenvalue weighted by atomic mass is 9.99. The third-order valence-corrected chi connectivity index (χ3v) is 6.09. The van der Waals surface area contributed by atoms with Gasteiger partial charge >= 0.3 is 0 Å². The number of nitrogens with one attached hydrogen (secondary N) is 1. The quantitative estimate of drug-likeness (QED) is 0.806. The molecule has 140 valence electrons. The first-order valence-corrected chi connectivity index (χ1v) is 10.8. The lowest BCUT2D eigenvalue weighted by Crippen LogP contribution is -2.33. The molecule has 2 aromatic rings. The van der Waals surface area contributed by atoms with Crippen molar-refractivity contribution in [3.05, 3.63) is 48.0 Å². The van der Waals surface area contributed by atoms with Crippen LogP contribution in [0.3, 0.4) is 0 Å². The summed E-state index contributed by atoms with van der Waals surface area (Å²) in [5, 5.41) is 8.23. The van der Waals surface area contributed by atoms with Crippen LogP contribution in [0.25, 0.3) is 0 Å².